The maximum atomic E-state index is 11.7. The summed E-state index contributed by atoms with van der Waals surface area (Å²) in [6, 6.07) is 1.64. The number of amides is 1. The minimum atomic E-state index is -0.476. The molecular formula is C19H32Cl2N6O2. The highest BCUT2D eigenvalue weighted by molar-refractivity contribution is 5.85. The third kappa shape index (κ3) is 5.51. The first-order chi connectivity index (χ1) is 12.7. The number of nitrogens with zero attached hydrogens (tertiary/aromatic N) is 4. The summed E-state index contributed by atoms with van der Waals surface area (Å²) in [6.07, 6.45) is 10.3. The second-order valence-corrected chi connectivity index (χ2v) is 9.00. The zero-order chi connectivity index (χ0) is 19.8. The summed E-state index contributed by atoms with van der Waals surface area (Å²) in [5, 5.41) is 20.6. The third-order valence-corrected chi connectivity index (χ3v) is 6.05. The van der Waals surface area contributed by atoms with E-state index in [0.29, 0.717) is 18.1 Å². The summed E-state index contributed by atoms with van der Waals surface area (Å²) in [4.78, 5) is 15.4. The summed E-state index contributed by atoms with van der Waals surface area (Å²) < 4.78 is 5.22. The quantitative estimate of drug-likeness (QED) is 0.593. The zero-order valence-corrected chi connectivity index (χ0v) is 18.8. The van der Waals surface area contributed by atoms with Crippen LogP contribution in [-0.4, -0.2) is 57.7 Å². The van der Waals surface area contributed by atoms with Gasteiger partial charge in [-0.1, -0.05) is 0 Å². The lowest BCUT2D eigenvalue weighted by atomic mass is 9.96. The number of nitriles is 2. The number of alkyl carbamates (subject to hydrolysis) is 1. The van der Waals surface area contributed by atoms with Gasteiger partial charge in [-0.05, 0) is 59.3 Å². The minimum absolute atomic E-state index is 0. The first kappa shape index (κ1) is 25.4. The summed E-state index contributed by atoms with van der Waals surface area (Å²) >= 11 is 0. The molecule has 8 nitrogen and oxygen atoms in total. The molecule has 4 fully saturated rings. The molecule has 4 saturated heterocycles. The highest BCUT2D eigenvalue weighted by Crippen LogP contribution is 2.37. The SMILES string of the molecule is CC(C)(C)OC(=O)N[C@@H]1C[C@@H]2CC[C@H]1N2C#N.Cl.Cl.N#CN1[C@H]2CC[C@@H]1[C@H](N)C2. The van der Waals surface area contributed by atoms with Gasteiger partial charge < -0.3 is 25.6 Å². The zero-order valence-electron chi connectivity index (χ0n) is 17.2. The van der Waals surface area contributed by atoms with E-state index in [1.165, 1.54) is 6.42 Å². The van der Waals surface area contributed by atoms with Crippen LogP contribution >= 0.6 is 24.8 Å². The van der Waals surface area contributed by atoms with Crippen molar-refractivity contribution < 1.29 is 9.53 Å². The molecule has 4 aliphatic rings. The number of nitrogens with two attached hydrogens (primary N) is 1. The number of ether oxygens (including phenoxy) is 1. The molecule has 3 N–H and O–H groups in total. The van der Waals surface area contributed by atoms with Crippen LogP contribution in [0.4, 0.5) is 4.79 Å². The standard InChI is InChI=1S/C12H19N3O2.C7H11N3.2ClH/c1-12(2,3)17-11(16)14-9-6-8-4-5-10(9)15(8)7-13;8-4-10-5-1-2-7(10)6(9)3-5;;/h8-10H,4-6H2,1-3H3,(H,14,16);5-7H,1-3,9H2;2*1H/t8-,9+,10+;5-,6+,7+;;/m00../s1. The van der Waals surface area contributed by atoms with Gasteiger partial charge in [0.2, 0.25) is 0 Å². The Hall–Kier alpha value is -1.61. The molecule has 0 aliphatic carbocycles. The van der Waals surface area contributed by atoms with Crippen LogP contribution in [0.2, 0.25) is 0 Å². The van der Waals surface area contributed by atoms with Gasteiger partial charge >= 0.3 is 6.09 Å². The number of hydrogen-bond acceptors (Lipinski definition) is 7. The second-order valence-electron chi connectivity index (χ2n) is 9.00. The summed E-state index contributed by atoms with van der Waals surface area (Å²) in [6.45, 7) is 5.53. The molecule has 10 heteroatoms. The number of carbonyl (C=O) groups is 1. The van der Waals surface area contributed by atoms with Crippen LogP contribution in [0.5, 0.6) is 0 Å². The monoisotopic (exact) mass is 446 g/mol. The molecule has 0 radical (unpaired) electrons. The maximum absolute atomic E-state index is 11.7. The van der Waals surface area contributed by atoms with E-state index >= 15 is 0 Å². The lowest BCUT2D eigenvalue weighted by molar-refractivity contribution is 0.0494. The molecule has 0 spiro atoms. The smallest absolute Gasteiger partial charge is 0.407 e. The van der Waals surface area contributed by atoms with E-state index in [-0.39, 0.29) is 49.0 Å². The molecule has 1 amide bonds. The summed E-state index contributed by atoms with van der Waals surface area (Å²) in [7, 11) is 0. The molecule has 6 atom stereocenters. The summed E-state index contributed by atoms with van der Waals surface area (Å²) in [5.41, 5.74) is 5.32. The Morgan fingerprint density at radius 3 is 1.90 bits per heavy atom. The average molecular weight is 447 g/mol. The fourth-order valence-electron chi connectivity index (χ4n) is 4.95. The van der Waals surface area contributed by atoms with E-state index in [2.05, 4.69) is 17.7 Å². The van der Waals surface area contributed by atoms with Gasteiger partial charge in [0.25, 0.3) is 0 Å². The molecule has 0 aromatic rings. The number of fused-ring (bicyclic) bond motifs is 4. The molecule has 0 saturated carbocycles. The van der Waals surface area contributed by atoms with Crippen LogP contribution in [0.25, 0.3) is 0 Å². The van der Waals surface area contributed by atoms with Gasteiger partial charge in [-0.25, -0.2) is 4.79 Å². The van der Waals surface area contributed by atoms with Crippen molar-refractivity contribution in [3.05, 3.63) is 0 Å². The Morgan fingerprint density at radius 2 is 1.52 bits per heavy atom. The highest BCUT2D eigenvalue weighted by Gasteiger charge is 2.47. The topological polar surface area (TPSA) is 118 Å². The van der Waals surface area contributed by atoms with Crippen molar-refractivity contribution in [2.75, 3.05) is 0 Å². The third-order valence-electron chi connectivity index (χ3n) is 6.05. The van der Waals surface area contributed by atoms with Gasteiger partial charge in [0.1, 0.15) is 5.60 Å². The fourth-order valence-corrected chi connectivity index (χ4v) is 4.95. The number of halogens is 2. The van der Waals surface area contributed by atoms with Crippen molar-refractivity contribution in [3.8, 4) is 12.4 Å². The Bertz CT molecular complexity index is 659. The number of carbonyl (C=O) groups excluding carboxylic acids is 1. The van der Waals surface area contributed by atoms with E-state index in [4.69, 9.17) is 21.0 Å². The van der Waals surface area contributed by atoms with Crippen LogP contribution < -0.4 is 11.1 Å². The van der Waals surface area contributed by atoms with Crippen molar-refractivity contribution in [2.45, 2.75) is 101 Å². The molecule has 4 aliphatic heterocycles. The number of hydrogen-bond donors (Lipinski definition) is 2. The van der Waals surface area contributed by atoms with Crippen molar-refractivity contribution in [3.63, 3.8) is 0 Å². The van der Waals surface area contributed by atoms with E-state index in [9.17, 15) is 4.79 Å². The molecular weight excluding hydrogens is 415 g/mol. The van der Waals surface area contributed by atoms with E-state index in [1.807, 2.05) is 30.6 Å². The average Bonchev–Trinajstić information content (AvgIpc) is 3.30. The maximum Gasteiger partial charge on any atom is 0.407 e. The first-order valence-electron chi connectivity index (χ1n) is 9.84. The van der Waals surface area contributed by atoms with Crippen LogP contribution in [0.1, 0.15) is 59.3 Å². The van der Waals surface area contributed by atoms with Crippen molar-refractivity contribution in [1.82, 2.24) is 15.1 Å². The summed E-state index contributed by atoms with van der Waals surface area (Å²) in [5.74, 6) is 0. The van der Waals surface area contributed by atoms with E-state index < -0.39 is 5.60 Å². The van der Waals surface area contributed by atoms with Crippen LogP contribution in [-0.2, 0) is 4.74 Å². The van der Waals surface area contributed by atoms with Gasteiger partial charge in [0.15, 0.2) is 12.4 Å². The molecule has 4 bridgehead atoms. The predicted octanol–water partition coefficient (Wildman–Crippen LogP) is 2.47. The molecule has 0 aromatic carbocycles. The second kappa shape index (κ2) is 9.93. The lowest BCUT2D eigenvalue weighted by Crippen LogP contribution is -2.45. The van der Waals surface area contributed by atoms with Gasteiger partial charge in [0, 0.05) is 18.1 Å². The molecule has 29 heavy (non-hydrogen) atoms. The predicted molar refractivity (Wildman–Crippen MR) is 113 cm³/mol. The number of nitrogens with one attached hydrogen (secondary N) is 1. The fraction of sp³-hybridized carbons (Fsp3) is 0.842. The Kier molecular flexibility index (Phi) is 8.71. The van der Waals surface area contributed by atoms with Crippen LogP contribution in [0, 0.1) is 22.9 Å². The molecule has 4 rings (SSSR count). The van der Waals surface area contributed by atoms with Crippen LogP contribution in [0.15, 0.2) is 0 Å². The largest absolute Gasteiger partial charge is 0.444 e. The van der Waals surface area contributed by atoms with Crippen molar-refractivity contribution >= 4 is 30.9 Å². The molecule has 0 aromatic heterocycles. The van der Waals surface area contributed by atoms with E-state index in [0.717, 1.165) is 32.1 Å². The number of rotatable bonds is 1. The van der Waals surface area contributed by atoms with Gasteiger partial charge in [-0.3, -0.25) is 0 Å². The van der Waals surface area contributed by atoms with Gasteiger partial charge in [0.05, 0.1) is 18.1 Å². The Labute approximate surface area is 185 Å². The van der Waals surface area contributed by atoms with Gasteiger partial charge in [-0.2, -0.15) is 10.5 Å². The van der Waals surface area contributed by atoms with Crippen molar-refractivity contribution in [1.29, 1.82) is 10.5 Å². The normalized spacial score (nSPS) is 33.4. The Balaban J connectivity index is 0.000000301. The molecule has 4 heterocycles. The highest BCUT2D eigenvalue weighted by atomic mass is 35.5. The molecule has 0 unspecified atom stereocenters. The van der Waals surface area contributed by atoms with Gasteiger partial charge in [-0.15, -0.1) is 24.8 Å². The Morgan fingerprint density at radius 1 is 1.00 bits per heavy atom. The lowest BCUT2D eigenvalue weighted by Gasteiger charge is -2.25. The minimum Gasteiger partial charge on any atom is -0.444 e. The van der Waals surface area contributed by atoms with Crippen LogP contribution in [0.3, 0.4) is 0 Å². The molecule has 164 valence electrons. The van der Waals surface area contributed by atoms with E-state index in [1.54, 1.807) is 0 Å². The first-order valence-corrected chi connectivity index (χ1v) is 9.84. The van der Waals surface area contributed by atoms with Crippen molar-refractivity contribution in [2.24, 2.45) is 5.73 Å².